The van der Waals surface area contributed by atoms with Crippen LogP contribution in [0.5, 0.6) is 0 Å². The Labute approximate surface area is 774 Å². The molecular weight excluding hydrogens is 1800 g/mol. The van der Waals surface area contributed by atoms with Crippen LogP contribution in [0.2, 0.25) is 127 Å². The van der Waals surface area contributed by atoms with Gasteiger partial charge in [0.1, 0.15) is 171 Å². The van der Waals surface area contributed by atoms with Crippen LogP contribution < -0.4 is 5.73 Å². The fourth-order valence-corrected chi connectivity index (χ4v) is 21.3. The SMILES string of the molecule is CC(C)(C)[Si](C)(C)OC[C@H]1O[C@@H]2O[C@H]3[C@H](O)[C@@H](O)[C@@H](O[C@H]4[C@H](O)[C@@H](O)[C@@H](O[C@H]5[C@H](O)[C@@H](OCCN)[C@@H](O[C@H]6[C@H](O)[C@@H](O)[C@@H](O[C@H]7[C@H](O)[C@@H](O)[C@@H](O[C@H]8[C@H](O)[C@@H](O)[C@@H](O[C@H]1[C@H](O)[C@H]2O)O[C@@H]8CO[Si](C)(C)C(C)(C)C)O[C@@H]7CO[Si](C)(C)C(C)(C)C)O[C@@H]6CO[Si](C)(C)C(C)(C)C)O[C@@H]5CO[Si](C)(C)C(C)(C)C)O[C@@H]4CO[Si](C)(C)C(C)(C)C)O[C@@H]3CO[Si](C)(C)C(C)(C)C. The van der Waals surface area contributed by atoms with Crippen LogP contribution in [0.3, 0.4) is 0 Å². The third-order valence-corrected chi connectivity index (χ3v) is 62.3. The molecule has 21 rings (SSSR count). The van der Waals surface area contributed by atoms with Crippen molar-refractivity contribution in [2.75, 3.05) is 59.4 Å². The van der Waals surface area contributed by atoms with Crippen molar-refractivity contribution in [2.24, 2.45) is 5.73 Å². The van der Waals surface area contributed by atoms with E-state index in [2.05, 4.69) is 0 Å². The van der Waals surface area contributed by atoms with E-state index in [-0.39, 0.29) is 59.4 Å². The van der Waals surface area contributed by atoms with E-state index in [4.69, 9.17) is 108 Å². The Hall–Kier alpha value is 0.0782. The zero-order valence-electron chi connectivity index (χ0n) is 83.9. The van der Waals surface area contributed by atoms with Crippen LogP contribution in [0.4, 0.5) is 0 Å². The Kier molecular flexibility index (Phi) is 37.9. The van der Waals surface area contributed by atoms with E-state index in [9.17, 15) is 66.4 Å². The lowest BCUT2D eigenvalue weighted by Gasteiger charge is -2.51. The number of nitrogens with two attached hydrogens (primary N) is 1. The monoisotopic (exact) mass is 1980 g/mol. The summed E-state index contributed by atoms with van der Waals surface area (Å²) in [5.41, 5.74) is 6.19. The average molecular weight is 1980 g/mol. The molecule has 21 aliphatic heterocycles. The lowest BCUT2D eigenvalue weighted by atomic mass is 9.95. The van der Waals surface area contributed by atoms with Gasteiger partial charge in [0.2, 0.25) is 0 Å². The van der Waals surface area contributed by atoms with Crippen molar-refractivity contribution in [2.45, 2.75) is 487 Å². The van der Waals surface area contributed by atoms with E-state index in [1.165, 1.54) is 0 Å². The predicted octanol–water partition coefficient (Wildman–Crippen LogP) is 5.96. The van der Waals surface area contributed by atoms with Gasteiger partial charge in [-0.2, -0.15) is 0 Å². The van der Waals surface area contributed by atoms with Crippen molar-refractivity contribution in [3.8, 4) is 0 Å². The van der Waals surface area contributed by atoms with E-state index in [0.717, 1.165) is 0 Å². The quantitative estimate of drug-likeness (QED) is 0.0496. The molecule has 0 aromatic heterocycles. The predicted molar refractivity (Wildman–Crippen MR) is 494 cm³/mol. The summed E-state index contributed by atoms with van der Waals surface area (Å²) < 4.78 is 149. The van der Waals surface area contributed by atoms with Crippen LogP contribution in [0.15, 0.2) is 0 Å². The Morgan fingerprint density at radius 1 is 0.202 bits per heavy atom. The van der Waals surface area contributed by atoms with Crippen molar-refractivity contribution < 1.29 is 168 Å². The smallest absolute Gasteiger partial charge is 0.192 e. The van der Waals surface area contributed by atoms with Crippen molar-refractivity contribution >= 4 is 58.2 Å². The summed E-state index contributed by atoms with van der Waals surface area (Å²) >= 11 is 0. The van der Waals surface area contributed by atoms with Gasteiger partial charge in [-0.25, -0.2) is 0 Å². The molecule has 0 aliphatic carbocycles. The van der Waals surface area contributed by atoms with Gasteiger partial charge in [-0.05, 0) is 127 Å². The summed E-state index contributed by atoms with van der Waals surface area (Å²) in [6, 6.07) is 0. The summed E-state index contributed by atoms with van der Waals surface area (Å²) in [4.78, 5) is 0. The molecule has 35 atom stereocenters. The van der Waals surface area contributed by atoms with Crippen molar-refractivity contribution in [1.82, 2.24) is 0 Å². The summed E-state index contributed by atoms with van der Waals surface area (Å²) in [6.45, 7) is 67.1. The summed E-state index contributed by atoms with van der Waals surface area (Å²) in [6.07, 6.45) is -63.8. The first kappa shape index (κ1) is 114. The molecule has 760 valence electrons. The first-order valence-corrected chi connectivity index (χ1v) is 66.6. The largest absolute Gasteiger partial charge is 0.414 e. The molecule has 129 heavy (non-hydrogen) atoms. The number of aliphatic hydroxyl groups is 13. The molecule has 36 nitrogen and oxygen atoms in total. The molecule has 21 fully saturated rings. The van der Waals surface area contributed by atoms with Crippen molar-refractivity contribution in [1.29, 1.82) is 0 Å². The molecule has 15 N–H and O–H groups in total. The van der Waals surface area contributed by atoms with Crippen molar-refractivity contribution in [3.63, 3.8) is 0 Å². The third kappa shape index (κ3) is 26.5. The number of hydrogen-bond donors (Lipinski definition) is 14. The molecule has 21 saturated heterocycles. The summed E-state index contributed by atoms with van der Waals surface area (Å²) in [7, 11) is -19.7. The molecule has 14 bridgehead atoms. The molecule has 0 spiro atoms. The van der Waals surface area contributed by atoms with Gasteiger partial charge in [-0.1, -0.05) is 145 Å². The number of hydrogen-bond acceptors (Lipinski definition) is 36. The average Bonchev–Trinajstić information content (AvgIpc) is 0.826. The second kappa shape index (κ2) is 42.7. The van der Waals surface area contributed by atoms with Gasteiger partial charge in [0.25, 0.3) is 0 Å². The first-order chi connectivity index (χ1) is 58.5. The Bertz CT molecular complexity index is 3440. The van der Waals surface area contributed by atoms with E-state index in [0.29, 0.717) is 0 Å². The Morgan fingerprint density at radius 3 is 0.473 bits per heavy atom. The van der Waals surface area contributed by atoms with Gasteiger partial charge in [0, 0.05) is 6.54 Å². The van der Waals surface area contributed by atoms with E-state index in [1.807, 2.05) is 237 Å². The fraction of sp³-hybridized carbons (Fsp3) is 1.00. The number of ether oxygens (including phenoxy) is 15. The molecule has 21 heterocycles. The normalized spacial score (nSPS) is 39.8. The fourth-order valence-electron chi connectivity index (χ4n) is 14.2. The highest BCUT2D eigenvalue weighted by Gasteiger charge is 2.63. The van der Waals surface area contributed by atoms with Crippen LogP contribution in [0.1, 0.15) is 145 Å². The highest BCUT2D eigenvalue weighted by atomic mass is 28.4. The molecule has 0 aromatic rings. The second-order valence-electron chi connectivity index (χ2n) is 47.5. The molecule has 43 heteroatoms. The summed E-state index contributed by atoms with van der Waals surface area (Å²) in [5.74, 6) is 0. The van der Waals surface area contributed by atoms with Crippen LogP contribution in [-0.2, 0) is 102 Å². The minimum atomic E-state index is -2.82. The highest BCUT2D eigenvalue weighted by molar-refractivity contribution is 6.76. The number of aliphatic hydroxyl groups excluding tert-OH is 13. The second-order valence-corrected chi connectivity index (χ2v) is 81.2. The van der Waals surface area contributed by atoms with E-state index < -0.39 is 308 Å². The molecular formula is C86H173NO35Si7. The topological polar surface area (TPSA) is 492 Å². The summed E-state index contributed by atoms with van der Waals surface area (Å²) in [5, 5.41) is 164. The van der Waals surface area contributed by atoms with Gasteiger partial charge in [0.15, 0.2) is 102 Å². The maximum atomic E-state index is 13.3. The van der Waals surface area contributed by atoms with Gasteiger partial charge >= 0.3 is 0 Å². The number of rotatable bonds is 24. The minimum absolute atomic E-state index is 0.114. The first-order valence-electron chi connectivity index (χ1n) is 46.3. The van der Waals surface area contributed by atoms with Gasteiger partial charge in [-0.15, -0.1) is 0 Å². The maximum Gasteiger partial charge on any atom is 0.192 e. The van der Waals surface area contributed by atoms with Crippen LogP contribution in [0, 0.1) is 0 Å². The van der Waals surface area contributed by atoms with Crippen LogP contribution >= 0.6 is 0 Å². The Morgan fingerprint density at radius 2 is 0.333 bits per heavy atom. The Balaban J connectivity index is 1.33. The minimum Gasteiger partial charge on any atom is -0.414 e. The third-order valence-electron chi connectivity index (χ3n) is 30.8. The van der Waals surface area contributed by atoms with E-state index >= 15 is 0 Å². The molecule has 21 aliphatic rings. The molecule has 0 unspecified atom stereocenters. The lowest BCUT2D eigenvalue weighted by Crippen LogP contribution is -2.69. The lowest BCUT2D eigenvalue weighted by molar-refractivity contribution is -0.397. The molecule has 0 saturated carbocycles. The van der Waals surface area contributed by atoms with Gasteiger partial charge in [0.05, 0.1) is 52.9 Å². The standard InChI is InChI=1S/C86H173NO35Si7/c1-80(2,3)123(22,23)102-38-45-65-52(88)58(94)74(109-45)117-67-47(40-104-125(26,27)82(7,8)9)111-76(60(96)54(67)90)119-69-49(42-106-127(30,31)84(13,14)15)113-78(62(98)56(69)92)121-71-51(44-108-129(34,35)86(19,20)21)115-79(72(64(71)100)101-37-36-87)122-70-50(43-107-128(32,33)85(16,17)18)114-77(63(99)57(70)93)120-68-48(41-105-126(28,29)83(10,11)12)112-75(61(97)55(68)91)118-66-46(39-103-124(24,25)81(4,5)6)110-73(116-65)59(95)53(66)89/h45-79,88-100H,36-44,87H2,1-35H3/t45-,46-,47-,48-,49-,50-,51-,52-,53-,54-,55-,56-,57-,58-,59-,60-,61-,62-,63-,64+,65-,66-,67-,68-,69-,70-,71-,72-,73-,74-,75-,76-,77-,78-,79-/m1/s1. The van der Waals surface area contributed by atoms with Crippen molar-refractivity contribution in [3.05, 3.63) is 0 Å². The highest BCUT2D eigenvalue weighted by Crippen LogP contribution is 2.48. The molecule has 0 aromatic carbocycles. The van der Waals surface area contributed by atoms with Crippen LogP contribution in [0.25, 0.3) is 0 Å². The van der Waals surface area contributed by atoms with E-state index in [1.54, 1.807) is 0 Å². The maximum absolute atomic E-state index is 13.3. The molecule has 0 radical (unpaired) electrons. The van der Waals surface area contributed by atoms with Crippen LogP contribution in [-0.4, -0.2) is 399 Å². The zero-order chi connectivity index (χ0) is 98.1. The molecule has 0 amide bonds. The zero-order valence-corrected chi connectivity index (χ0v) is 90.9. The van der Waals surface area contributed by atoms with Gasteiger partial charge in [-0.3, -0.25) is 0 Å². The van der Waals surface area contributed by atoms with Gasteiger partial charge < -0.3 is 174 Å².